The van der Waals surface area contributed by atoms with Crippen molar-refractivity contribution >= 4 is 5.91 Å². The summed E-state index contributed by atoms with van der Waals surface area (Å²) in [4.78, 5) is 13.4. The van der Waals surface area contributed by atoms with Gasteiger partial charge in [-0.3, -0.25) is 4.79 Å². The monoisotopic (exact) mass is 1430 g/mol. The average Bonchev–Trinajstić information content (AvgIpc) is 0.792. The summed E-state index contributed by atoms with van der Waals surface area (Å²) in [6.45, 7) is 2.86. The lowest BCUT2D eigenvalue weighted by atomic mass is 9.97. The molecule has 101 heavy (non-hydrogen) atoms. The third kappa shape index (κ3) is 53.8. The highest BCUT2D eigenvalue weighted by Crippen LogP contribution is 2.31. The predicted molar refractivity (Wildman–Crippen MR) is 420 cm³/mol. The maximum atomic E-state index is 13.4. The van der Waals surface area contributed by atoms with E-state index in [4.69, 9.17) is 18.9 Å². The summed E-state index contributed by atoms with van der Waals surface area (Å²) < 4.78 is 22.9. The third-order valence-electron chi connectivity index (χ3n) is 21.9. The van der Waals surface area contributed by atoms with E-state index in [1.165, 1.54) is 366 Å². The fourth-order valence-corrected chi connectivity index (χ4v) is 15.0. The Balaban J connectivity index is 1.55. The van der Waals surface area contributed by atoms with Gasteiger partial charge in [-0.2, -0.15) is 0 Å². The van der Waals surface area contributed by atoms with Crippen LogP contribution in [0.5, 0.6) is 0 Å². The lowest BCUT2D eigenvalue weighted by molar-refractivity contribution is -0.359. The van der Waals surface area contributed by atoms with Gasteiger partial charge in [-0.1, -0.05) is 417 Å². The largest absolute Gasteiger partial charge is 0.394 e. The first-order valence-electron chi connectivity index (χ1n) is 44.1. The summed E-state index contributed by atoms with van der Waals surface area (Å²) in [5.74, 6) is -0.239. The highest BCUT2D eigenvalue weighted by atomic mass is 16.7. The molecule has 14 nitrogen and oxygen atoms in total. The number of allylic oxidation sites excluding steroid dienone is 3. The van der Waals surface area contributed by atoms with Crippen molar-refractivity contribution in [3.63, 3.8) is 0 Å². The highest BCUT2D eigenvalue weighted by Gasteiger charge is 2.51. The Hall–Kier alpha value is -1.53. The van der Waals surface area contributed by atoms with E-state index in [9.17, 15) is 45.6 Å². The van der Waals surface area contributed by atoms with Gasteiger partial charge >= 0.3 is 0 Å². The van der Waals surface area contributed by atoms with E-state index in [0.29, 0.717) is 12.8 Å². The van der Waals surface area contributed by atoms with Crippen LogP contribution in [-0.2, 0) is 23.7 Å². The van der Waals surface area contributed by atoms with E-state index >= 15 is 0 Å². The summed E-state index contributed by atoms with van der Waals surface area (Å²) >= 11 is 0. The number of hydrogen-bond donors (Lipinski definition) is 9. The first-order chi connectivity index (χ1) is 49.6. The highest BCUT2D eigenvalue weighted by molar-refractivity contribution is 5.76. The van der Waals surface area contributed by atoms with Crippen molar-refractivity contribution in [2.45, 2.75) is 505 Å². The zero-order chi connectivity index (χ0) is 73.0. The summed E-state index contributed by atoms with van der Waals surface area (Å²) in [5.41, 5.74) is 0. The second-order valence-electron chi connectivity index (χ2n) is 31.4. The number of aliphatic hydroxyl groups is 8. The van der Waals surface area contributed by atoms with Gasteiger partial charge in [0.25, 0.3) is 0 Å². The molecule has 9 N–H and O–H groups in total. The summed E-state index contributed by atoms with van der Waals surface area (Å²) in [5, 5.41) is 87.7. The number of carbonyl (C=O) groups is 1. The molecule has 2 aliphatic rings. The Morgan fingerprint density at radius 2 is 0.634 bits per heavy atom. The molecule has 12 unspecified atom stereocenters. The lowest BCUT2D eigenvalue weighted by Crippen LogP contribution is -2.65. The molecule has 0 bridgehead atoms. The lowest BCUT2D eigenvalue weighted by Gasteiger charge is -2.46. The second-order valence-corrected chi connectivity index (χ2v) is 31.4. The number of nitrogens with one attached hydrogen (secondary N) is 1. The SMILES string of the molecule is CCCCCCCCCCCCCCCCCCCCCC/C=C/CC/C=C/C(O)C(COC1OC(CO)C(OC2OC(CO)C(O)C(O)C2O)C(O)C1O)NC(=O)CCCCCCCCCCCCCCCCCCCCCCCCCCCCCCCCCCCCCCCCCCC. The van der Waals surface area contributed by atoms with Crippen molar-refractivity contribution < 1.29 is 64.6 Å². The zero-order valence-electron chi connectivity index (χ0n) is 65.9. The number of rotatable bonds is 76. The Kier molecular flexibility index (Phi) is 67.5. The Morgan fingerprint density at radius 3 is 0.970 bits per heavy atom. The first kappa shape index (κ1) is 95.5. The van der Waals surface area contributed by atoms with Crippen molar-refractivity contribution in [3.8, 4) is 0 Å². The molecule has 0 aromatic rings. The van der Waals surface area contributed by atoms with Gasteiger partial charge in [-0.15, -0.1) is 0 Å². The maximum Gasteiger partial charge on any atom is 0.220 e. The Bertz CT molecular complexity index is 1790. The molecule has 2 aliphatic heterocycles. The fraction of sp³-hybridized carbons (Fsp3) is 0.943. The smallest absolute Gasteiger partial charge is 0.220 e. The van der Waals surface area contributed by atoms with Crippen LogP contribution >= 0.6 is 0 Å². The molecule has 1 amide bonds. The van der Waals surface area contributed by atoms with Crippen LogP contribution in [-0.4, -0.2) is 140 Å². The number of hydrogen-bond acceptors (Lipinski definition) is 13. The third-order valence-corrected chi connectivity index (χ3v) is 21.9. The molecule has 2 rings (SSSR count). The van der Waals surface area contributed by atoms with Crippen LogP contribution in [0.2, 0.25) is 0 Å². The minimum atomic E-state index is -1.79. The van der Waals surface area contributed by atoms with Crippen LogP contribution in [0.1, 0.15) is 431 Å². The van der Waals surface area contributed by atoms with Gasteiger partial charge in [-0.25, -0.2) is 0 Å². The molecule has 0 spiro atoms. The van der Waals surface area contributed by atoms with Gasteiger partial charge in [-0.05, 0) is 32.1 Å². The topological polar surface area (TPSA) is 228 Å². The van der Waals surface area contributed by atoms with Crippen LogP contribution in [0.15, 0.2) is 24.3 Å². The number of ether oxygens (including phenoxy) is 4. The van der Waals surface area contributed by atoms with E-state index in [2.05, 4.69) is 31.3 Å². The van der Waals surface area contributed by atoms with Crippen molar-refractivity contribution in [2.24, 2.45) is 0 Å². The molecular formula is C87H167NO13. The molecule has 2 fully saturated rings. The normalized spacial score (nSPS) is 21.8. The second kappa shape index (κ2) is 71.4. The predicted octanol–water partition coefficient (Wildman–Crippen LogP) is 21.0. The quantitative estimate of drug-likeness (QED) is 0.0204. The van der Waals surface area contributed by atoms with Gasteiger partial charge in [0, 0.05) is 6.42 Å². The molecule has 2 saturated heterocycles. The Labute approximate surface area is 621 Å². The molecule has 2 heterocycles. The number of carbonyl (C=O) groups excluding carboxylic acids is 1. The summed E-state index contributed by atoms with van der Waals surface area (Å²) in [7, 11) is 0. The van der Waals surface area contributed by atoms with Crippen LogP contribution in [0.25, 0.3) is 0 Å². The summed E-state index contributed by atoms with van der Waals surface area (Å²) in [6, 6.07) is -0.931. The van der Waals surface area contributed by atoms with Crippen LogP contribution < -0.4 is 5.32 Å². The van der Waals surface area contributed by atoms with E-state index in [1.807, 2.05) is 6.08 Å². The van der Waals surface area contributed by atoms with Crippen molar-refractivity contribution in [1.29, 1.82) is 0 Å². The minimum absolute atomic E-state index is 0.239. The van der Waals surface area contributed by atoms with Crippen LogP contribution in [0, 0.1) is 0 Å². The molecule has 598 valence electrons. The molecule has 0 aromatic heterocycles. The van der Waals surface area contributed by atoms with E-state index in [-0.39, 0.29) is 18.9 Å². The van der Waals surface area contributed by atoms with Gasteiger partial charge in [0.05, 0.1) is 32.0 Å². The number of unbranched alkanes of at least 4 members (excludes halogenated alkanes) is 61. The molecule has 14 heteroatoms. The van der Waals surface area contributed by atoms with Gasteiger partial charge in [0.2, 0.25) is 5.91 Å². The van der Waals surface area contributed by atoms with E-state index in [0.717, 1.165) is 32.1 Å². The zero-order valence-corrected chi connectivity index (χ0v) is 65.9. The molecule has 0 radical (unpaired) electrons. The number of amides is 1. The average molecular weight is 1440 g/mol. The van der Waals surface area contributed by atoms with Crippen molar-refractivity contribution in [1.82, 2.24) is 5.32 Å². The standard InChI is InChI=1S/C87H167NO13/c1-3-5-7-9-11-13-15-17-19-21-23-25-27-29-31-32-33-34-35-36-37-38-39-40-41-42-43-44-45-47-49-51-53-55-57-59-61-63-65-67-69-71-79(92)88-75(74-98-86-84(97)82(95)85(78(73-90)100-86)101-87-83(96)81(94)80(93)77(72-89)99-87)76(91)70-68-66-64-62-60-58-56-54-52-50-48-46-30-28-26-24-22-20-18-16-14-12-10-8-6-4-2/h60,62,68,70,75-78,80-87,89-91,93-97H,3-59,61,63-67,69,71-74H2,1-2H3,(H,88,92)/b62-60+,70-68+. The van der Waals surface area contributed by atoms with E-state index in [1.54, 1.807) is 6.08 Å². The van der Waals surface area contributed by atoms with Crippen molar-refractivity contribution in [2.75, 3.05) is 19.8 Å². The molecule has 12 atom stereocenters. The van der Waals surface area contributed by atoms with Gasteiger partial charge in [0.1, 0.15) is 48.8 Å². The first-order valence-corrected chi connectivity index (χ1v) is 44.1. The van der Waals surface area contributed by atoms with Crippen LogP contribution in [0.4, 0.5) is 0 Å². The molecule has 0 aromatic carbocycles. The molecule has 0 saturated carbocycles. The number of aliphatic hydroxyl groups excluding tert-OH is 8. The summed E-state index contributed by atoms with van der Waals surface area (Å²) in [6.07, 6.45) is 77.4. The molecular weight excluding hydrogens is 1270 g/mol. The van der Waals surface area contributed by atoms with E-state index < -0.39 is 86.8 Å². The van der Waals surface area contributed by atoms with Gasteiger partial charge in [0.15, 0.2) is 12.6 Å². The molecule has 0 aliphatic carbocycles. The maximum absolute atomic E-state index is 13.4. The van der Waals surface area contributed by atoms with Crippen molar-refractivity contribution in [3.05, 3.63) is 24.3 Å². The minimum Gasteiger partial charge on any atom is -0.394 e. The van der Waals surface area contributed by atoms with Gasteiger partial charge < -0.3 is 65.1 Å². The fourth-order valence-electron chi connectivity index (χ4n) is 15.0. The van der Waals surface area contributed by atoms with Crippen LogP contribution in [0.3, 0.4) is 0 Å². The Morgan fingerprint density at radius 1 is 0.347 bits per heavy atom.